The van der Waals surface area contributed by atoms with Crippen LogP contribution >= 0.6 is 12.2 Å². The van der Waals surface area contributed by atoms with Gasteiger partial charge in [0.2, 0.25) is 0 Å². The maximum Gasteiger partial charge on any atom is 0.104 e. The van der Waals surface area contributed by atoms with Gasteiger partial charge in [0.1, 0.15) is 4.99 Å². The van der Waals surface area contributed by atoms with Gasteiger partial charge in [0.25, 0.3) is 0 Å². The minimum Gasteiger partial charge on any atom is -0.389 e. The van der Waals surface area contributed by atoms with Gasteiger partial charge in [-0.25, -0.2) is 0 Å². The molecular formula is C16H24N2S. The second-order valence-electron chi connectivity index (χ2n) is 5.50. The molecule has 1 fully saturated rings. The van der Waals surface area contributed by atoms with Crippen molar-refractivity contribution >= 4 is 22.9 Å². The molecule has 2 rings (SSSR count). The molecule has 3 heteroatoms. The summed E-state index contributed by atoms with van der Waals surface area (Å²) in [7, 11) is 0. The molecule has 1 saturated heterocycles. The van der Waals surface area contributed by atoms with Crippen LogP contribution in [0.1, 0.15) is 50.2 Å². The van der Waals surface area contributed by atoms with E-state index in [0.29, 0.717) is 11.0 Å². The van der Waals surface area contributed by atoms with Crippen molar-refractivity contribution in [1.29, 1.82) is 0 Å². The van der Waals surface area contributed by atoms with Crippen LogP contribution < -0.4 is 10.6 Å². The first-order valence-electron chi connectivity index (χ1n) is 7.30. The molecule has 0 aromatic heterocycles. The largest absolute Gasteiger partial charge is 0.389 e. The molecule has 1 unspecified atom stereocenters. The number of aryl methyl sites for hydroxylation is 1. The number of nitrogens with two attached hydrogens (primary N) is 1. The molecule has 1 heterocycles. The number of nitrogens with zero attached hydrogens (tertiary/aromatic N) is 1. The number of hydrogen-bond acceptors (Lipinski definition) is 2. The highest BCUT2D eigenvalue weighted by atomic mass is 32.1. The Labute approximate surface area is 122 Å². The highest BCUT2D eigenvalue weighted by molar-refractivity contribution is 7.80. The predicted octanol–water partition coefficient (Wildman–Crippen LogP) is 3.79. The van der Waals surface area contributed by atoms with E-state index in [1.165, 1.54) is 49.9 Å². The van der Waals surface area contributed by atoms with Gasteiger partial charge in [-0.15, -0.1) is 0 Å². The molecule has 1 aliphatic rings. The Morgan fingerprint density at radius 2 is 2.21 bits per heavy atom. The van der Waals surface area contributed by atoms with Crippen LogP contribution in [0.3, 0.4) is 0 Å². The van der Waals surface area contributed by atoms with Gasteiger partial charge in [-0.05, 0) is 56.4 Å². The van der Waals surface area contributed by atoms with E-state index in [9.17, 15) is 0 Å². The summed E-state index contributed by atoms with van der Waals surface area (Å²) in [4.78, 5) is 3.07. The van der Waals surface area contributed by atoms with Gasteiger partial charge in [-0.2, -0.15) is 0 Å². The van der Waals surface area contributed by atoms with E-state index >= 15 is 0 Å². The van der Waals surface area contributed by atoms with Crippen LogP contribution in [0.15, 0.2) is 18.2 Å². The molecule has 0 spiro atoms. The average molecular weight is 276 g/mol. The standard InChI is InChI=1S/C16H24N2S/c1-3-6-13-7-4-5-10-18(13)14-8-9-15(16(17)19)12(2)11-14/h8-9,11,13H,3-7,10H2,1-2H3,(H2,17,19). The summed E-state index contributed by atoms with van der Waals surface area (Å²) in [6, 6.07) is 7.19. The van der Waals surface area contributed by atoms with Crippen molar-refractivity contribution in [2.45, 2.75) is 52.0 Å². The van der Waals surface area contributed by atoms with Crippen molar-refractivity contribution in [1.82, 2.24) is 0 Å². The number of piperidine rings is 1. The van der Waals surface area contributed by atoms with Gasteiger partial charge in [-0.1, -0.05) is 25.6 Å². The third-order valence-corrected chi connectivity index (χ3v) is 4.28. The van der Waals surface area contributed by atoms with Crippen LogP contribution in [-0.2, 0) is 0 Å². The molecule has 1 aliphatic heterocycles. The fourth-order valence-electron chi connectivity index (χ4n) is 3.08. The Morgan fingerprint density at radius 1 is 1.42 bits per heavy atom. The van der Waals surface area contributed by atoms with Crippen LogP contribution in [0.4, 0.5) is 5.69 Å². The summed E-state index contributed by atoms with van der Waals surface area (Å²) >= 11 is 5.08. The highest BCUT2D eigenvalue weighted by Crippen LogP contribution is 2.28. The number of benzene rings is 1. The lowest BCUT2D eigenvalue weighted by Gasteiger charge is -2.38. The van der Waals surface area contributed by atoms with Gasteiger partial charge in [-0.3, -0.25) is 0 Å². The van der Waals surface area contributed by atoms with E-state index in [2.05, 4.69) is 36.9 Å². The van der Waals surface area contributed by atoms with E-state index in [0.717, 1.165) is 5.56 Å². The van der Waals surface area contributed by atoms with Crippen LogP contribution in [0.5, 0.6) is 0 Å². The summed E-state index contributed by atoms with van der Waals surface area (Å²) in [5.41, 5.74) is 9.25. The van der Waals surface area contributed by atoms with Gasteiger partial charge in [0.05, 0.1) is 0 Å². The third kappa shape index (κ3) is 3.27. The second kappa shape index (κ2) is 6.38. The van der Waals surface area contributed by atoms with E-state index in [1.54, 1.807) is 0 Å². The summed E-state index contributed by atoms with van der Waals surface area (Å²) in [5, 5.41) is 0. The van der Waals surface area contributed by atoms with Crippen molar-refractivity contribution in [3.05, 3.63) is 29.3 Å². The lowest BCUT2D eigenvalue weighted by Crippen LogP contribution is -2.39. The van der Waals surface area contributed by atoms with Crippen molar-refractivity contribution < 1.29 is 0 Å². The molecule has 104 valence electrons. The Balaban J connectivity index is 2.24. The first-order valence-corrected chi connectivity index (χ1v) is 7.71. The Morgan fingerprint density at radius 3 is 2.84 bits per heavy atom. The third-order valence-electron chi connectivity index (χ3n) is 4.06. The summed E-state index contributed by atoms with van der Waals surface area (Å²) in [6.07, 6.45) is 6.53. The number of anilines is 1. The summed E-state index contributed by atoms with van der Waals surface area (Å²) in [5.74, 6) is 0. The number of thiocarbonyl (C=S) groups is 1. The molecule has 0 amide bonds. The van der Waals surface area contributed by atoms with E-state index in [1.807, 2.05) is 0 Å². The summed E-state index contributed by atoms with van der Waals surface area (Å²) < 4.78 is 0. The maximum absolute atomic E-state index is 5.74. The smallest absolute Gasteiger partial charge is 0.104 e. The van der Waals surface area contributed by atoms with Gasteiger partial charge < -0.3 is 10.6 Å². The Bertz CT molecular complexity index is 454. The summed E-state index contributed by atoms with van der Waals surface area (Å²) in [6.45, 7) is 5.54. The number of hydrogen-bond donors (Lipinski definition) is 1. The monoisotopic (exact) mass is 276 g/mol. The van der Waals surface area contributed by atoms with Crippen molar-refractivity contribution in [3.8, 4) is 0 Å². The van der Waals surface area contributed by atoms with Crippen LogP contribution in [0, 0.1) is 6.92 Å². The number of rotatable bonds is 4. The van der Waals surface area contributed by atoms with Crippen LogP contribution in [-0.4, -0.2) is 17.6 Å². The minimum atomic E-state index is 0.493. The zero-order chi connectivity index (χ0) is 13.8. The molecule has 0 radical (unpaired) electrons. The Kier molecular flexibility index (Phi) is 4.81. The first-order chi connectivity index (χ1) is 9.13. The minimum absolute atomic E-state index is 0.493. The predicted molar refractivity (Wildman–Crippen MR) is 87.0 cm³/mol. The van der Waals surface area contributed by atoms with Gasteiger partial charge in [0.15, 0.2) is 0 Å². The second-order valence-corrected chi connectivity index (χ2v) is 5.93. The molecule has 0 bridgehead atoms. The topological polar surface area (TPSA) is 29.3 Å². The molecule has 2 N–H and O–H groups in total. The molecule has 19 heavy (non-hydrogen) atoms. The van der Waals surface area contributed by atoms with E-state index < -0.39 is 0 Å². The maximum atomic E-state index is 5.74. The highest BCUT2D eigenvalue weighted by Gasteiger charge is 2.22. The molecule has 0 aliphatic carbocycles. The molecule has 1 atom stereocenters. The molecule has 0 saturated carbocycles. The molecular weight excluding hydrogens is 252 g/mol. The van der Waals surface area contributed by atoms with Gasteiger partial charge >= 0.3 is 0 Å². The zero-order valence-corrected chi connectivity index (χ0v) is 12.8. The fraction of sp³-hybridized carbons (Fsp3) is 0.562. The van der Waals surface area contributed by atoms with Crippen LogP contribution in [0.2, 0.25) is 0 Å². The SMILES string of the molecule is CCCC1CCCCN1c1ccc(C(N)=S)c(C)c1. The Hall–Kier alpha value is -1.09. The van der Waals surface area contributed by atoms with E-state index in [4.69, 9.17) is 18.0 Å². The lowest BCUT2D eigenvalue weighted by atomic mass is 9.96. The van der Waals surface area contributed by atoms with Gasteiger partial charge in [0, 0.05) is 23.8 Å². The van der Waals surface area contributed by atoms with Crippen molar-refractivity contribution in [2.75, 3.05) is 11.4 Å². The first kappa shape index (κ1) is 14.3. The lowest BCUT2D eigenvalue weighted by molar-refractivity contribution is 0.435. The quantitative estimate of drug-likeness (QED) is 0.848. The molecule has 2 nitrogen and oxygen atoms in total. The normalized spacial score (nSPS) is 19.5. The van der Waals surface area contributed by atoms with Crippen molar-refractivity contribution in [3.63, 3.8) is 0 Å². The fourth-order valence-corrected chi connectivity index (χ4v) is 3.31. The zero-order valence-electron chi connectivity index (χ0n) is 12.0. The van der Waals surface area contributed by atoms with E-state index in [-0.39, 0.29) is 0 Å². The van der Waals surface area contributed by atoms with Crippen LogP contribution in [0.25, 0.3) is 0 Å². The average Bonchev–Trinajstić information content (AvgIpc) is 2.39. The molecule has 1 aromatic carbocycles. The van der Waals surface area contributed by atoms with Crippen molar-refractivity contribution in [2.24, 2.45) is 5.73 Å². The molecule has 1 aromatic rings.